The number of benzene rings is 2. The zero-order valence-electron chi connectivity index (χ0n) is 13.9. The van der Waals surface area contributed by atoms with Gasteiger partial charge >= 0.3 is 0 Å². The second kappa shape index (κ2) is 8.37. The van der Waals surface area contributed by atoms with Gasteiger partial charge in [0.05, 0.1) is 12.5 Å². The van der Waals surface area contributed by atoms with Crippen LogP contribution in [0.4, 0.5) is 8.78 Å². The fourth-order valence-corrected chi connectivity index (χ4v) is 2.40. The Morgan fingerprint density at radius 3 is 2.30 bits per heavy atom. The van der Waals surface area contributed by atoms with Crippen molar-refractivity contribution in [3.8, 4) is 5.69 Å². The summed E-state index contributed by atoms with van der Waals surface area (Å²) in [5.74, 6) is -1.16. The van der Waals surface area contributed by atoms with E-state index in [4.69, 9.17) is 12.2 Å². The number of hydrogen-bond acceptors (Lipinski definition) is 3. The molecule has 0 saturated carbocycles. The summed E-state index contributed by atoms with van der Waals surface area (Å²) in [5, 5.41) is 3.09. The van der Waals surface area contributed by atoms with Crippen LogP contribution in [0.1, 0.15) is 16.1 Å². The zero-order valence-corrected chi connectivity index (χ0v) is 14.8. The number of nitrogens with zero attached hydrogens (tertiary/aromatic N) is 2. The van der Waals surface area contributed by atoms with E-state index in [2.05, 4.69) is 21.2 Å². The number of amides is 1. The largest absolute Gasteiger partial charge is 0.357 e. The average Bonchev–Trinajstić information content (AvgIpc) is 3.16. The molecular formula is C18H15F2N5OS. The van der Waals surface area contributed by atoms with Crippen molar-refractivity contribution in [2.24, 2.45) is 0 Å². The Morgan fingerprint density at radius 2 is 1.63 bits per heavy atom. The van der Waals surface area contributed by atoms with Gasteiger partial charge in [0.25, 0.3) is 5.91 Å². The number of aromatic nitrogens is 2. The Bertz CT molecular complexity index is 941. The molecule has 0 aliphatic carbocycles. The lowest BCUT2D eigenvalue weighted by molar-refractivity contribution is 0.0937. The SMILES string of the molecule is O=C(NNC(=S)NCc1ccc(F)cc1)c1cncn1-c1ccc(F)cc1. The van der Waals surface area contributed by atoms with Crippen molar-refractivity contribution in [3.05, 3.63) is 83.9 Å². The number of hydrogen-bond donors (Lipinski definition) is 3. The van der Waals surface area contributed by atoms with Gasteiger partial charge in [0.2, 0.25) is 0 Å². The van der Waals surface area contributed by atoms with Crippen LogP contribution >= 0.6 is 12.2 Å². The van der Waals surface area contributed by atoms with Crippen molar-refractivity contribution in [2.45, 2.75) is 6.54 Å². The Labute approximate surface area is 159 Å². The van der Waals surface area contributed by atoms with E-state index >= 15 is 0 Å². The fraction of sp³-hybridized carbons (Fsp3) is 0.0556. The van der Waals surface area contributed by atoms with E-state index in [0.29, 0.717) is 12.2 Å². The second-order valence-corrected chi connectivity index (χ2v) is 5.92. The van der Waals surface area contributed by atoms with Gasteiger partial charge in [-0.25, -0.2) is 13.8 Å². The van der Waals surface area contributed by atoms with Crippen molar-refractivity contribution < 1.29 is 13.6 Å². The highest BCUT2D eigenvalue weighted by Crippen LogP contribution is 2.12. The minimum Gasteiger partial charge on any atom is -0.357 e. The lowest BCUT2D eigenvalue weighted by atomic mass is 10.2. The summed E-state index contributed by atoms with van der Waals surface area (Å²) in [7, 11) is 0. The van der Waals surface area contributed by atoms with Crippen LogP contribution in [0.3, 0.4) is 0 Å². The van der Waals surface area contributed by atoms with Crippen LogP contribution in [0.5, 0.6) is 0 Å². The van der Waals surface area contributed by atoms with E-state index in [1.807, 2.05) is 0 Å². The summed E-state index contributed by atoms with van der Waals surface area (Å²) in [5.41, 5.74) is 6.72. The maximum absolute atomic E-state index is 13.1. The van der Waals surface area contributed by atoms with Crippen LogP contribution in [0.2, 0.25) is 0 Å². The van der Waals surface area contributed by atoms with Gasteiger partial charge in [0, 0.05) is 12.2 Å². The number of rotatable bonds is 4. The first-order chi connectivity index (χ1) is 13.0. The number of hydrazine groups is 1. The smallest absolute Gasteiger partial charge is 0.288 e. The molecule has 0 unspecified atom stereocenters. The number of carbonyl (C=O) groups is 1. The van der Waals surface area contributed by atoms with Crippen LogP contribution < -0.4 is 16.2 Å². The molecule has 0 atom stereocenters. The summed E-state index contributed by atoms with van der Waals surface area (Å²) in [6.45, 7) is 0.371. The number of thiocarbonyl (C=S) groups is 1. The molecule has 1 aromatic heterocycles. The first-order valence-corrected chi connectivity index (χ1v) is 8.30. The predicted octanol–water partition coefficient (Wildman–Crippen LogP) is 2.46. The molecule has 3 aromatic rings. The topological polar surface area (TPSA) is 71.0 Å². The van der Waals surface area contributed by atoms with Gasteiger partial charge < -0.3 is 5.32 Å². The summed E-state index contributed by atoms with van der Waals surface area (Å²) in [4.78, 5) is 16.3. The fourth-order valence-electron chi connectivity index (χ4n) is 2.28. The zero-order chi connectivity index (χ0) is 19.2. The quantitative estimate of drug-likeness (QED) is 0.474. The van der Waals surface area contributed by atoms with E-state index in [-0.39, 0.29) is 22.4 Å². The first-order valence-electron chi connectivity index (χ1n) is 7.90. The van der Waals surface area contributed by atoms with Gasteiger partial charge in [0.15, 0.2) is 5.11 Å². The molecule has 0 saturated heterocycles. The summed E-state index contributed by atoms with van der Waals surface area (Å²) >= 11 is 5.09. The summed E-state index contributed by atoms with van der Waals surface area (Å²) in [6, 6.07) is 11.6. The molecule has 1 amide bonds. The molecule has 0 bridgehead atoms. The molecule has 27 heavy (non-hydrogen) atoms. The van der Waals surface area contributed by atoms with Crippen molar-refractivity contribution in [1.82, 2.24) is 25.7 Å². The van der Waals surface area contributed by atoms with Crippen molar-refractivity contribution in [2.75, 3.05) is 0 Å². The van der Waals surface area contributed by atoms with Crippen LogP contribution in [0.15, 0.2) is 61.1 Å². The number of halogens is 2. The van der Waals surface area contributed by atoms with Gasteiger partial charge in [-0.2, -0.15) is 0 Å². The highest BCUT2D eigenvalue weighted by molar-refractivity contribution is 7.80. The normalized spacial score (nSPS) is 10.3. The maximum Gasteiger partial charge on any atom is 0.288 e. The minimum atomic E-state index is -0.470. The molecule has 3 rings (SSSR count). The highest BCUT2D eigenvalue weighted by atomic mass is 32.1. The van der Waals surface area contributed by atoms with Crippen molar-refractivity contribution in [3.63, 3.8) is 0 Å². The van der Waals surface area contributed by atoms with Gasteiger partial charge in [-0.05, 0) is 54.2 Å². The van der Waals surface area contributed by atoms with E-state index in [9.17, 15) is 13.6 Å². The molecule has 3 N–H and O–H groups in total. The van der Waals surface area contributed by atoms with Crippen LogP contribution in [-0.4, -0.2) is 20.6 Å². The molecule has 6 nitrogen and oxygen atoms in total. The summed E-state index contributed by atoms with van der Waals surface area (Å²) < 4.78 is 27.5. The molecular weight excluding hydrogens is 372 g/mol. The van der Waals surface area contributed by atoms with E-state index in [1.54, 1.807) is 12.1 Å². The minimum absolute atomic E-state index is 0.195. The molecule has 138 valence electrons. The van der Waals surface area contributed by atoms with Crippen LogP contribution in [0, 0.1) is 11.6 Å². The first kappa shape index (κ1) is 18.5. The number of imidazole rings is 1. The van der Waals surface area contributed by atoms with Crippen LogP contribution in [0.25, 0.3) is 5.69 Å². The average molecular weight is 387 g/mol. The Hall–Kier alpha value is -3.33. The molecule has 9 heteroatoms. The third-order valence-corrected chi connectivity index (χ3v) is 3.88. The lowest BCUT2D eigenvalue weighted by Gasteiger charge is -2.12. The molecule has 0 fully saturated rings. The van der Waals surface area contributed by atoms with Gasteiger partial charge in [0.1, 0.15) is 17.3 Å². The highest BCUT2D eigenvalue weighted by Gasteiger charge is 2.13. The molecule has 1 heterocycles. The standard InChI is InChI=1S/C18H15F2N5OS/c19-13-3-1-12(2-4-13)9-22-18(27)24-23-17(26)16-10-21-11-25(16)15-7-5-14(20)6-8-15/h1-8,10-11H,9H2,(H,23,26)(H2,22,24,27). The Morgan fingerprint density at radius 1 is 1.00 bits per heavy atom. The summed E-state index contributed by atoms with van der Waals surface area (Å²) in [6.07, 6.45) is 2.84. The van der Waals surface area contributed by atoms with E-state index in [0.717, 1.165) is 5.56 Å². The maximum atomic E-state index is 13.1. The second-order valence-electron chi connectivity index (χ2n) is 5.51. The van der Waals surface area contributed by atoms with Crippen LogP contribution in [-0.2, 0) is 6.54 Å². The third-order valence-electron chi connectivity index (χ3n) is 3.63. The third kappa shape index (κ3) is 4.85. The van der Waals surface area contributed by atoms with E-state index in [1.165, 1.54) is 53.5 Å². The van der Waals surface area contributed by atoms with Gasteiger partial charge in [-0.15, -0.1) is 0 Å². The predicted molar refractivity (Wildman–Crippen MR) is 100.0 cm³/mol. The van der Waals surface area contributed by atoms with Crippen molar-refractivity contribution in [1.29, 1.82) is 0 Å². The number of carbonyl (C=O) groups excluding carboxylic acids is 1. The van der Waals surface area contributed by atoms with Gasteiger partial charge in [-0.1, -0.05) is 12.1 Å². The van der Waals surface area contributed by atoms with Gasteiger partial charge in [-0.3, -0.25) is 20.2 Å². The van der Waals surface area contributed by atoms with E-state index < -0.39 is 5.91 Å². The van der Waals surface area contributed by atoms with Crippen molar-refractivity contribution >= 4 is 23.2 Å². The molecule has 0 spiro atoms. The molecule has 0 radical (unpaired) electrons. The Balaban J connectivity index is 1.55. The molecule has 0 aliphatic rings. The lowest BCUT2D eigenvalue weighted by Crippen LogP contribution is -2.46. The molecule has 2 aromatic carbocycles. The Kier molecular flexibility index (Phi) is 5.72. The molecule has 0 aliphatic heterocycles. The number of nitrogens with one attached hydrogen (secondary N) is 3. The monoisotopic (exact) mass is 387 g/mol.